The first-order chi connectivity index (χ1) is 16.7. The number of nitrogens with zero attached hydrogens (tertiary/aromatic N) is 1. The number of hydrogen-bond acceptors (Lipinski definition) is 7. The number of guanidine groups is 1. The Morgan fingerprint density at radius 2 is 1.77 bits per heavy atom. The lowest BCUT2D eigenvalue weighted by Crippen LogP contribution is -2.48. The Bertz CT molecular complexity index is 1080. The van der Waals surface area contributed by atoms with Crippen LogP contribution in [0.2, 0.25) is 0 Å². The van der Waals surface area contributed by atoms with Gasteiger partial charge in [-0.25, -0.2) is 4.99 Å². The number of ether oxygens (including phenoxy) is 1. The molecule has 0 aromatic heterocycles. The highest BCUT2D eigenvalue weighted by Crippen LogP contribution is 2.16. The Morgan fingerprint density at radius 3 is 2.40 bits per heavy atom. The number of nitrogens with two attached hydrogens (primary N) is 3. The van der Waals surface area contributed by atoms with Crippen molar-refractivity contribution in [2.24, 2.45) is 22.2 Å². The zero-order chi connectivity index (χ0) is 25.8. The number of anilines is 1. The van der Waals surface area contributed by atoms with Crippen LogP contribution in [-0.4, -0.2) is 60.5 Å². The fourth-order valence-electron chi connectivity index (χ4n) is 2.80. The molecule has 2 rings (SSSR count). The number of nitrogens with one attached hydrogen (secondary N) is 3. The van der Waals surface area contributed by atoms with Crippen LogP contribution in [0.3, 0.4) is 0 Å². The minimum atomic E-state index is -1.38. The van der Waals surface area contributed by atoms with Crippen molar-refractivity contribution in [3.63, 3.8) is 0 Å². The molecule has 1 unspecified atom stereocenters. The van der Waals surface area contributed by atoms with Gasteiger partial charge in [0, 0.05) is 17.8 Å². The fraction of sp³-hybridized carbons (Fsp3) is 0.227. The van der Waals surface area contributed by atoms with E-state index in [0.29, 0.717) is 30.3 Å². The molecule has 0 aliphatic heterocycles. The Labute approximate surface area is 200 Å². The van der Waals surface area contributed by atoms with Crippen LogP contribution in [0, 0.1) is 0 Å². The van der Waals surface area contributed by atoms with Gasteiger partial charge in [0.15, 0.2) is 5.96 Å². The second-order valence-corrected chi connectivity index (χ2v) is 7.14. The molecular weight excluding hydrogens is 458 g/mol. The number of hydrogen-bond donors (Lipinski definition) is 7. The second kappa shape index (κ2) is 13.2. The highest BCUT2D eigenvalue weighted by molar-refractivity contribution is 6.00. The monoisotopic (exact) mass is 485 g/mol. The molecule has 3 amide bonds. The van der Waals surface area contributed by atoms with Crippen LogP contribution in [0.4, 0.5) is 11.4 Å². The SMILES string of the molecule is NCCOc1ccc(NC(=O)C(CC(=O)O)NC(=O)CNC(=O)c2cccc(N=C(N)N)c2)cc1. The second-order valence-electron chi connectivity index (χ2n) is 7.14. The summed E-state index contributed by atoms with van der Waals surface area (Å²) in [5.41, 5.74) is 16.9. The zero-order valence-corrected chi connectivity index (χ0v) is 18.7. The maximum atomic E-state index is 12.6. The van der Waals surface area contributed by atoms with Crippen LogP contribution in [0.1, 0.15) is 16.8 Å². The van der Waals surface area contributed by atoms with Crippen molar-refractivity contribution in [1.29, 1.82) is 0 Å². The largest absolute Gasteiger partial charge is 0.492 e. The van der Waals surface area contributed by atoms with Crippen LogP contribution >= 0.6 is 0 Å². The molecule has 10 N–H and O–H groups in total. The zero-order valence-electron chi connectivity index (χ0n) is 18.7. The van der Waals surface area contributed by atoms with Crippen LogP contribution < -0.4 is 37.9 Å². The summed E-state index contributed by atoms with van der Waals surface area (Å²) in [5.74, 6) is -3.03. The van der Waals surface area contributed by atoms with Gasteiger partial charge < -0.3 is 43.0 Å². The van der Waals surface area contributed by atoms with Gasteiger partial charge in [0.25, 0.3) is 5.91 Å². The lowest BCUT2D eigenvalue weighted by atomic mass is 10.1. The number of carboxylic acid groups (broad SMARTS) is 1. The van der Waals surface area contributed by atoms with Crippen LogP contribution in [-0.2, 0) is 14.4 Å². The predicted octanol–water partition coefficient (Wildman–Crippen LogP) is -0.743. The molecule has 0 radical (unpaired) electrons. The molecular formula is C22H27N7O6. The van der Waals surface area contributed by atoms with Crippen LogP contribution in [0.5, 0.6) is 5.75 Å². The van der Waals surface area contributed by atoms with Gasteiger partial charge in [-0.15, -0.1) is 0 Å². The number of rotatable bonds is 12. The summed E-state index contributed by atoms with van der Waals surface area (Å²) in [6.45, 7) is 0.179. The van der Waals surface area contributed by atoms with E-state index >= 15 is 0 Å². The first-order valence-electron chi connectivity index (χ1n) is 10.4. The first-order valence-corrected chi connectivity index (χ1v) is 10.4. The van der Waals surface area contributed by atoms with E-state index in [4.69, 9.17) is 27.0 Å². The van der Waals surface area contributed by atoms with Gasteiger partial charge in [0.05, 0.1) is 18.7 Å². The van der Waals surface area contributed by atoms with Crippen molar-refractivity contribution in [2.75, 3.05) is 25.0 Å². The van der Waals surface area contributed by atoms with Gasteiger partial charge in [-0.05, 0) is 42.5 Å². The smallest absolute Gasteiger partial charge is 0.305 e. The molecule has 0 fully saturated rings. The van der Waals surface area contributed by atoms with Gasteiger partial charge in [0.2, 0.25) is 11.8 Å². The molecule has 13 nitrogen and oxygen atoms in total. The molecule has 2 aromatic carbocycles. The molecule has 1 atom stereocenters. The third-order valence-electron chi connectivity index (χ3n) is 4.31. The predicted molar refractivity (Wildman–Crippen MR) is 128 cm³/mol. The van der Waals surface area contributed by atoms with Crippen LogP contribution in [0.15, 0.2) is 53.5 Å². The average molecular weight is 486 g/mol. The number of carboxylic acids is 1. The summed E-state index contributed by atoms with van der Waals surface area (Å²) >= 11 is 0. The summed E-state index contributed by atoms with van der Waals surface area (Å²) in [4.78, 5) is 52.2. The Kier molecular flexibility index (Phi) is 10.00. The molecule has 0 bridgehead atoms. The Hall–Kier alpha value is -4.65. The Morgan fingerprint density at radius 1 is 1.06 bits per heavy atom. The van der Waals surface area contributed by atoms with E-state index in [9.17, 15) is 19.2 Å². The highest BCUT2D eigenvalue weighted by atomic mass is 16.5. The average Bonchev–Trinajstić information content (AvgIpc) is 2.81. The van der Waals surface area contributed by atoms with Gasteiger partial charge in [-0.3, -0.25) is 19.2 Å². The molecule has 0 heterocycles. The summed E-state index contributed by atoms with van der Waals surface area (Å²) in [5, 5.41) is 16.4. The van der Waals surface area contributed by atoms with Crippen LogP contribution in [0.25, 0.3) is 0 Å². The van der Waals surface area contributed by atoms with Crippen molar-refractivity contribution in [1.82, 2.24) is 10.6 Å². The molecule has 0 saturated carbocycles. The van der Waals surface area contributed by atoms with Crippen molar-refractivity contribution in [3.05, 3.63) is 54.1 Å². The van der Waals surface area contributed by atoms with Crippen molar-refractivity contribution in [3.8, 4) is 5.75 Å². The quantitative estimate of drug-likeness (QED) is 0.148. The summed E-state index contributed by atoms with van der Waals surface area (Å²) in [7, 11) is 0. The van der Waals surface area contributed by atoms with E-state index in [1.54, 1.807) is 36.4 Å². The molecule has 0 saturated heterocycles. The van der Waals surface area contributed by atoms with E-state index in [-0.39, 0.29) is 11.5 Å². The van der Waals surface area contributed by atoms with E-state index in [1.807, 2.05) is 0 Å². The molecule has 0 aliphatic rings. The van der Waals surface area contributed by atoms with E-state index in [2.05, 4.69) is 20.9 Å². The summed E-state index contributed by atoms with van der Waals surface area (Å²) < 4.78 is 5.35. The Balaban J connectivity index is 1.95. The van der Waals surface area contributed by atoms with Gasteiger partial charge in [-0.1, -0.05) is 6.07 Å². The number of aliphatic carboxylic acids is 1. The van der Waals surface area contributed by atoms with Gasteiger partial charge in [-0.2, -0.15) is 0 Å². The van der Waals surface area contributed by atoms with E-state index < -0.39 is 42.7 Å². The van der Waals surface area contributed by atoms with Gasteiger partial charge in [0.1, 0.15) is 18.4 Å². The molecule has 2 aromatic rings. The minimum absolute atomic E-state index is 0.180. The number of carbonyl (C=O) groups is 4. The third-order valence-corrected chi connectivity index (χ3v) is 4.31. The number of amides is 3. The molecule has 13 heteroatoms. The normalized spacial score (nSPS) is 11.0. The summed E-state index contributed by atoms with van der Waals surface area (Å²) in [6, 6.07) is 11.0. The maximum absolute atomic E-state index is 12.6. The molecule has 35 heavy (non-hydrogen) atoms. The standard InChI is InChI=1S/C22H27N7O6/c23-8-9-35-16-6-4-14(5-7-16)27-21(34)17(11-19(31)32)29-18(30)12-26-20(33)13-2-1-3-15(10-13)28-22(24)25/h1-7,10,17H,8-9,11-12,23H2,(H,26,33)(H,27,34)(H,29,30)(H,31,32)(H4,24,25,28). The molecule has 0 spiro atoms. The summed E-state index contributed by atoms with van der Waals surface area (Å²) in [6.07, 6.45) is -0.663. The lowest BCUT2D eigenvalue weighted by molar-refractivity contribution is -0.139. The third kappa shape index (κ3) is 9.39. The lowest BCUT2D eigenvalue weighted by Gasteiger charge is -2.17. The van der Waals surface area contributed by atoms with Crippen molar-refractivity contribution < 1.29 is 29.0 Å². The van der Waals surface area contributed by atoms with E-state index in [1.165, 1.54) is 12.1 Å². The number of aliphatic imine (C=N–C) groups is 1. The maximum Gasteiger partial charge on any atom is 0.305 e. The molecule has 0 aliphatic carbocycles. The van der Waals surface area contributed by atoms with E-state index in [0.717, 1.165) is 0 Å². The topological polar surface area (TPSA) is 224 Å². The van der Waals surface area contributed by atoms with Gasteiger partial charge >= 0.3 is 5.97 Å². The van der Waals surface area contributed by atoms with Crippen molar-refractivity contribution >= 4 is 41.0 Å². The first kappa shape index (κ1) is 26.6. The minimum Gasteiger partial charge on any atom is -0.492 e. The fourth-order valence-corrected chi connectivity index (χ4v) is 2.80. The number of carbonyl (C=O) groups excluding carboxylic acids is 3. The highest BCUT2D eigenvalue weighted by Gasteiger charge is 2.24. The number of benzene rings is 2. The van der Waals surface area contributed by atoms with Crippen molar-refractivity contribution in [2.45, 2.75) is 12.5 Å². The molecule has 186 valence electrons.